The highest BCUT2D eigenvalue weighted by molar-refractivity contribution is 6.30. The van der Waals surface area contributed by atoms with Crippen molar-refractivity contribution in [1.82, 2.24) is 0 Å². The van der Waals surface area contributed by atoms with Gasteiger partial charge in [0.25, 0.3) is 0 Å². The lowest BCUT2D eigenvalue weighted by molar-refractivity contribution is 0.673. The van der Waals surface area contributed by atoms with Gasteiger partial charge in [-0.2, -0.15) is 0 Å². The van der Waals surface area contributed by atoms with Crippen LogP contribution in [0.2, 0.25) is 0 Å². The lowest BCUT2D eigenvalue weighted by Gasteiger charge is -2.25. The van der Waals surface area contributed by atoms with E-state index < -0.39 is 0 Å². The van der Waals surface area contributed by atoms with Crippen LogP contribution in [0.15, 0.2) is 235 Å². The van der Waals surface area contributed by atoms with Crippen LogP contribution >= 0.6 is 0 Å². The quantitative estimate of drug-likeness (QED) is 0.144. The molecule has 0 fully saturated rings. The summed E-state index contributed by atoms with van der Waals surface area (Å²) in [5, 5.41) is 6.99. The maximum absolute atomic E-state index is 6.87. The number of fused-ring (bicyclic) bond motifs is 8. The summed E-state index contributed by atoms with van der Waals surface area (Å²) in [4.78, 5) is 4.58. The Labute approximate surface area is 343 Å². The van der Waals surface area contributed by atoms with Crippen molar-refractivity contribution in [2.24, 2.45) is 0 Å². The molecule has 278 valence electrons. The molecule has 0 unspecified atom stereocenters. The van der Waals surface area contributed by atoms with Crippen LogP contribution in [0.3, 0.4) is 0 Å². The molecule has 3 nitrogen and oxygen atoms in total. The third-order valence-corrected chi connectivity index (χ3v) is 11.4. The number of hydrogen-bond acceptors (Lipinski definition) is 3. The molecule has 0 amide bonds. The lowest BCUT2D eigenvalue weighted by atomic mass is 9.93. The van der Waals surface area contributed by atoms with Crippen molar-refractivity contribution in [2.75, 3.05) is 9.80 Å². The standard InChI is InChI=1S/C56H38N2O/c1-5-15-43(16-6-1)57(44-17-7-2-8-18-44)47-31-25-39(26-32-47)41-29-35-51-53(37-41)49-23-13-14-24-50(49)55-52-36-30-42(38-54(52)59-56(51)55)40-27-33-48(34-28-40)58(45-19-9-3-10-20-45)46-21-11-4-12-22-46/h1-38H. The Hall–Kier alpha value is -7.88. The minimum Gasteiger partial charge on any atom is -0.455 e. The van der Waals surface area contributed by atoms with Crippen molar-refractivity contribution >= 4 is 77.6 Å². The Bertz CT molecular complexity index is 3150. The van der Waals surface area contributed by atoms with E-state index in [1.807, 2.05) is 0 Å². The smallest absolute Gasteiger partial charge is 0.143 e. The van der Waals surface area contributed by atoms with Gasteiger partial charge in [0, 0.05) is 50.3 Å². The second-order valence-electron chi connectivity index (χ2n) is 14.9. The second kappa shape index (κ2) is 14.6. The first-order valence-corrected chi connectivity index (χ1v) is 20.1. The van der Waals surface area contributed by atoms with E-state index in [-0.39, 0.29) is 0 Å². The highest BCUT2D eigenvalue weighted by atomic mass is 16.3. The van der Waals surface area contributed by atoms with Gasteiger partial charge in [0.1, 0.15) is 11.2 Å². The molecular formula is C56H38N2O. The normalized spacial score (nSPS) is 11.4. The van der Waals surface area contributed by atoms with Crippen LogP contribution in [0.25, 0.3) is 65.7 Å². The van der Waals surface area contributed by atoms with Crippen molar-refractivity contribution in [2.45, 2.75) is 0 Å². The Kier molecular flexibility index (Phi) is 8.49. The van der Waals surface area contributed by atoms with Gasteiger partial charge in [-0.05, 0) is 135 Å². The summed E-state index contributed by atoms with van der Waals surface area (Å²) < 4.78 is 6.87. The average Bonchev–Trinajstić information content (AvgIpc) is 3.71. The number of furan rings is 1. The molecular weight excluding hydrogens is 717 g/mol. The van der Waals surface area contributed by atoms with Crippen LogP contribution in [0.1, 0.15) is 0 Å². The molecule has 0 radical (unpaired) electrons. The first-order chi connectivity index (χ1) is 29.3. The third kappa shape index (κ3) is 6.17. The summed E-state index contributed by atoms with van der Waals surface area (Å²) >= 11 is 0. The summed E-state index contributed by atoms with van der Waals surface area (Å²) in [6.07, 6.45) is 0. The number of nitrogens with zero attached hydrogens (tertiary/aromatic N) is 2. The largest absolute Gasteiger partial charge is 0.455 e. The lowest BCUT2D eigenvalue weighted by Crippen LogP contribution is -2.09. The third-order valence-electron chi connectivity index (χ3n) is 11.4. The van der Waals surface area contributed by atoms with Crippen LogP contribution in [0.5, 0.6) is 0 Å². The summed E-state index contributed by atoms with van der Waals surface area (Å²) in [5.74, 6) is 0. The topological polar surface area (TPSA) is 19.6 Å². The first-order valence-electron chi connectivity index (χ1n) is 20.1. The molecule has 1 heterocycles. The van der Waals surface area contributed by atoms with E-state index in [9.17, 15) is 0 Å². The zero-order valence-electron chi connectivity index (χ0n) is 32.2. The molecule has 0 saturated heterocycles. The number of hydrogen-bond donors (Lipinski definition) is 0. The van der Waals surface area contributed by atoms with E-state index in [2.05, 4.69) is 240 Å². The van der Waals surface area contributed by atoms with Gasteiger partial charge in [-0.1, -0.05) is 133 Å². The molecule has 59 heavy (non-hydrogen) atoms. The van der Waals surface area contributed by atoms with Gasteiger partial charge in [0.05, 0.1) is 0 Å². The Balaban J connectivity index is 0.966. The van der Waals surface area contributed by atoms with E-state index >= 15 is 0 Å². The van der Waals surface area contributed by atoms with E-state index in [0.717, 1.165) is 78.1 Å². The predicted molar refractivity (Wildman–Crippen MR) is 249 cm³/mol. The van der Waals surface area contributed by atoms with Crippen LogP contribution in [-0.4, -0.2) is 0 Å². The molecule has 0 N–H and O–H groups in total. The number of para-hydroxylation sites is 4. The van der Waals surface area contributed by atoms with Gasteiger partial charge in [-0.15, -0.1) is 0 Å². The van der Waals surface area contributed by atoms with Crippen LogP contribution in [0.4, 0.5) is 34.1 Å². The van der Waals surface area contributed by atoms with Crippen LogP contribution in [-0.2, 0) is 0 Å². The molecule has 10 aromatic carbocycles. The molecule has 11 rings (SSSR count). The predicted octanol–water partition coefficient (Wildman–Crippen LogP) is 16.2. The molecule has 0 atom stereocenters. The van der Waals surface area contributed by atoms with Gasteiger partial charge in [-0.25, -0.2) is 0 Å². The Morgan fingerprint density at radius 3 is 1.10 bits per heavy atom. The summed E-state index contributed by atoms with van der Waals surface area (Å²) in [7, 11) is 0. The fraction of sp³-hybridized carbons (Fsp3) is 0. The molecule has 1 aromatic heterocycles. The van der Waals surface area contributed by atoms with Gasteiger partial charge < -0.3 is 14.2 Å². The molecule has 0 aliphatic carbocycles. The van der Waals surface area contributed by atoms with Crippen molar-refractivity contribution in [1.29, 1.82) is 0 Å². The SMILES string of the molecule is c1ccc(N(c2ccccc2)c2ccc(-c3ccc4c(c3)oc3c5ccc(-c6ccc(N(c7ccccc7)c7ccccc7)cc6)cc5c5ccccc5c43)cc2)cc1. The van der Waals surface area contributed by atoms with Gasteiger partial charge >= 0.3 is 0 Å². The van der Waals surface area contributed by atoms with Crippen molar-refractivity contribution in [3.05, 3.63) is 231 Å². The molecule has 11 aromatic rings. The number of benzene rings is 10. The molecule has 0 saturated carbocycles. The zero-order valence-corrected chi connectivity index (χ0v) is 32.2. The molecule has 3 heteroatoms. The first kappa shape index (κ1) is 34.4. The van der Waals surface area contributed by atoms with Crippen LogP contribution < -0.4 is 9.80 Å². The highest BCUT2D eigenvalue weighted by Crippen LogP contribution is 2.44. The van der Waals surface area contributed by atoms with E-state index in [0.29, 0.717) is 0 Å². The van der Waals surface area contributed by atoms with E-state index in [1.54, 1.807) is 0 Å². The van der Waals surface area contributed by atoms with E-state index in [1.165, 1.54) is 21.7 Å². The fourth-order valence-corrected chi connectivity index (χ4v) is 8.62. The average molecular weight is 755 g/mol. The van der Waals surface area contributed by atoms with Gasteiger partial charge in [0.15, 0.2) is 0 Å². The van der Waals surface area contributed by atoms with Crippen LogP contribution in [0, 0.1) is 0 Å². The van der Waals surface area contributed by atoms with Gasteiger partial charge in [0.2, 0.25) is 0 Å². The highest BCUT2D eigenvalue weighted by Gasteiger charge is 2.18. The number of rotatable bonds is 8. The van der Waals surface area contributed by atoms with Crippen molar-refractivity contribution < 1.29 is 4.42 Å². The van der Waals surface area contributed by atoms with Crippen molar-refractivity contribution in [3.63, 3.8) is 0 Å². The van der Waals surface area contributed by atoms with Crippen molar-refractivity contribution in [3.8, 4) is 22.3 Å². The fourth-order valence-electron chi connectivity index (χ4n) is 8.62. The molecule has 0 aliphatic heterocycles. The molecule has 0 spiro atoms. The minimum absolute atomic E-state index is 0.885. The maximum Gasteiger partial charge on any atom is 0.143 e. The Morgan fingerprint density at radius 2 is 0.627 bits per heavy atom. The minimum atomic E-state index is 0.885. The summed E-state index contributed by atoms with van der Waals surface area (Å²) in [6, 6.07) is 82.0. The Morgan fingerprint density at radius 1 is 0.254 bits per heavy atom. The number of anilines is 6. The van der Waals surface area contributed by atoms with Gasteiger partial charge in [-0.3, -0.25) is 0 Å². The maximum atomic E-state index is 6.87. The molecule has 0 bridgehead atoms. The summed E-state index contributed by atoms with van der Waals surface area (Å²) in [6.45, 7) is 0. The van der Waals surface area contributed by atoms with E-state index in [4.69, 9.17) is 4.42 Å². The summed E-state index contributed by atoms with van der Waals surface area (Å²) in [5.41, 5.74) is 13.1. The molecule has 0 aliphatic rings. The monoisotopic (exact) mass is 754 g/mol. The second-order valence-corrected chi connectivity index (χ2v) is 14.9. The zero-order chi connectivity index (χ0) is 39.1.